The van der Waals surface area contributed by atoms with Crippen LogP contribution in [0.2, 0.25) is 0 Å². The fourth-order valence-corrected chi connectivity index (χ4v) is 2.80. The van der Waals surface area contributed by atoms with E-state index in [4.69, 9.17) is 0 Å². The number of benzene rings is 1. The van der Waals surface area contributed by atoms with Crippen molar-refractivity contribution in [2.24, 2.45) is 0 Å². The lowest BCUT2D eigenvalue weighted by atomic mass is 9.63. The SMILES string of the molecule is C=CCCC(NC(=O)C1(c2cccc(F)c2)CCC1)C(=O)O. The Balaban J connectivity index is 2.18. The number of halogens is 1. The lowest BCUT2D eigenvalue weighted by Gasteiger charge is -2.41. The monoisotopic (exact) mass is 305 g/mol. The molecule has 0 aliphatic heterocycles. The van der Waals surface area contributed by atoms with Crippen molar-refractivity contribution in [3.05, 3.63) is 48.3 Å². The average Bonchev–Trinajstić information content (AvgIpc) is 2.42. The van der Waals surface area contributed by atoms with E-state index in [2.05, 4.69) is 11.9 Å². The van der Waals surface area contributed by atoms with E-state index in [-0.39, 0.29) is 5.91 Å². The van der Waals surface area contributed by atoms with Crippen molar-refractivity contribution in [3.8, 4) is 0 Å². The van der Waals surface area contributed by atoms with E-state index in [0.717, 1.165) is 6.42 Å². The van der Waals surface area contributed by atoms with Crippen molar-refractivity contribution in [2.75, 3.05) is 0 Å². The molecular weight excluding hydrogens is 285 g/mol. The number of allylic oxidation sites excluding steroid dienone is 1. The van der Waals surface area contributed by atoms with Gasteiger partial charge in [-0.05, 0) is 43.4 Å². The Morgan fingerprint density at radius 3 is 2.68 bits per heavy atom. The summed E-state index contributed by atoms with van der Waals surface area (Å²) in [6.07, 6.45) is 4.50. The van der Waals surface area contributed by atoms with Crippen LogP contribution in [-0.2, 0) is 15.0 Å². The van der Waals surface area contributed by atoms with Crippen LogP contribution < -0.4 is 5.32 Å². The molecule has 0 radical (unpaired) electrons. The van der Waals surface area contributed by atoms with Crippen molar-refractivity contribution in [1.29, 1.82) is 0 Å². The predicted octanol–water partition coefficient (Wildman–Crippen LogP) is 2.78. The number of rotatable bonds is 7. The van der Waals surface area contributed by atoms with Crippen LogP contribution in [0.15, 0.2) is 36.9 Å². The number of hydrogen-bond acceptors (Lipinski definition) is 2. The first-order chi connectivity index (χ1) is 10.5. The van der Waals surface area contributed by atoms with E-state index < -0.39 is 23.2 Å². The third kappa shape index (κ3) is 3.18. The summed E-state index contributed by atoms with van der Waals surface area (Å²) in [4.78, 5) is 23.9. The Morgan fingerprint density at radius 1 is 1.45 bits per heavy atom. The molecule has 1 atom stereocenters. The number of hydrogen-bond donors (Lipinski definition) is 2. The van der Waals surface area contributed by atoms with E-state index in [1.165, 1.54) is 12.1 Å². The first kappa shape index (κ1) is 16.2. The molecule has 0 heterocycles. The van der Waals surface area contributed by atoms with E-state index >= 15 is 0 Å². The van der Waals surface area contributed by atoms with Gasteiger partial charge in [0.1, 0.15) is 11.9 Å². The van der Waals surface area contributed by atoms with E-state index in [9.17, 15) is 19.1 Å². The van der Waals surface area contributed by atoms with Gasteiger partial charge in [-0.25, -0.2) is 9.18 Å². The summed E-state index contributed by atoms with van der Waals surface area (Å²) >= 11 is 0. The highest BCUT2D eigenvalue weighted by Crippen LogP contribution is 2.44. The molecule has 118 valence electrons. The molecule has 1 saturated carbocycles. The molecule has 1 aliphatic carbocycles. The quantitative estimate of drug-likeness (QED) is 0.761. The van der Waals surface area contributed by atoms with Crippen LogP contribution in [0.3, 0.4) is 0 Å². The van der Waals surface area contributed by atoms with Crippen LogP contribution in [0, 0.1) is 5.82 Å². The molecule has 1 unspecified atom stereocenters. The first-order valence-electron chi connectivity index (χ1n) is 7.40. The fraction of sp³-hybridized carbons (Fsp3) is 0.412. The molecule has 5 heteroatoms. The summed E-state index contributed by atoms with van der Waals surface area (Å²) in [5.41, 5.74) is -0.187. The number of aliphatic carboxylic acids is 1. The Morgan fingerprint density at radius 2 is 2.18 bits per heavy atom. The van der Waals surface area contributed by atoms with Gasteiger partial charge in [0.05, 0.1) is 5.41 Å². The average molecular weight is 305 g/mol. The van der Waals surface area contributed by atoms with Gasteiger partial charge in [0.15, 0.2) is 0 Å². The molecule has 0 aromatic heterocycles. The van der Waals surface area contributed by atoms with Gasteiger partial charge in [-0.1, -0.05) is 24.6 Å². The number of amides is 1. The van der Waals surface area contributed by atoms with Crippen molar-refractivity contribution in [1.82, 2.24) is 5.32 Å². The minimum absolute atomic E-state index is 0.295. The lowest BCUT2D eigenvalue weighted by molar-refractivity contribution is -0.143. The molecule has 1 fully saturated rings. The van der Waals surface area contributed by atoms with Gasteiger partial charge in [-0.3, -0.25) is 4.79 Å². The summed E-state index contributed by atoms with van der Waals surface area (Å²) in [5.74, 6) is -1.79. The van der Waals surface area contributed by atoms with Crippen molar-refractivity contribution in [3.63, 3.8) is 0 Å². The second-order valence-electron chi connectivity index (χ2n) is 5.68. The minimum atomic E-state index is -1.07. The van der Waals surface area contributed by atoms with Crippen molar-refractivity contribution < 1.29 is 19.1 Å². The Labute approximate surface area is 129 Å². The number of carboxylic acids is 1. The molecule has 0 saturated heterocycles. The number of nitrogens with one attached hydrogen (secondary N) is 1. The van der Waals surface area contributed by atoms with E-state index in [1.54, 1.807) is 18.2 Å². The Bertz CT molecular complexity index is 581. The van der Waals surface area contributed by atoms with Gasteiger partial charge in [0, 0.05) is 0 Å². The van der Waals surface area contributed by atoms with Gasteiger partial charge < -0.3 is 10.4 Å². The third-order valence-electron chi connectivity index (χ3n) is 4.28. The third-order valence-corrected chi connectivity index (χ3v) is 4.28. The zero-order valence-corrected chi connectivity index (χ0v) is 12.3. The van der Waals surface area contributed by atoms with Crippen LogP contribution in [0.4, 0.5) is 4.39 Å². The molecule has 1 aliphatic rings. The topological polar surface area (TPSA) is 66.4 Å². The van der Waals surface area contributed by atoms with Gasteiger partial charge in [-0.15, -0.1) is 6.58 Å². The second-order valence-corrected chi connectivity index (χ2v) is 5.68. The molecule has 2 rings (SSSR count). The summed E-state index contributed by atoms with van der Waals surface area (Å²) in [6.45, 7) is 3.56. The minimum Gasteiger partial charge on any atom is -0.480 e. The number of carbonyl (C=O) groups excluding carboxylic acids is 1. The van der Waals surface area contributed by atoms with E-state index in [0.29, 0.717) is 31.2 Å². The smallest absolute Gasteiger partial charge is 0.326 e. The second kappa shape index (κ2) is 6.73. The van der Waals surface area contributed by atoms with E-state index in [1.807, 2.05) is 0 Å². The molecule has 1 aromatic rings. The van der Waals surface area contributed by atoms with Gasteiger partial charge in [0.25, 0.3) is 0 Å². The molecule has 1 aromatic carbocycles. The molecule has 2 N–H and O–H groups in total. The van der Waals surface area contributed by atoms with Gasteiger partial charge in [0.2, 0.25) is 5.91 Å². The highest BCUT2D eigenvalue weighted by molar-refractivity contribution is 5.92. The maximum atomic E-state index is 13.4. The maximum absolute atomic E-state index is 13.4. The Hall–Kier alpha value is -2.17. The number of carbonyl (C=O) groups is 2. The van der Waals surface area contributed by atoms with Crippen LogP contribution >= 0.6 is 0 Å². The summed E-state index contributed by atoms with van der Waals surface area (Å²) in [6, 6.07) is 5.04. The van der Waals surface area contributed by atoms with Crippen LogP contribution in [0.5, 0.6) is 0 Å². The number of carboxylic acid groups (broad SMARTS) is 1. The van der Waals surface area contributed by atoms with Crippen LogP contribution in [0.25, 0.3) is 0 Å². The van der Waals surface area contributed by atoms with Crippen molar-refractivity contribution in [2.45, 2.75) is 43.6 Å². The standard InChI is InChI=1S/C17H20FNO3/c1-2-3-8-14(15(20)21)19-16(22)17(9-5-10-17)12-6-4-7-13(18)11-12/h2,4,6-7,11,14H,1,3,5,8-10H2,(H,19,22)(H,20,21). The van der Waals surface area contributed by atoms with Crippen LogP contribution in [-0.4, -0.2) is 23.0 Å². The predicted molar refractivity (Wildman–Crippen MR) is 80.9 cm³/mol. The largest absolute Gasteiger partial charge is 0.480 e. The lowest BCUT2D eigenvalue weighted by Crippen LogP contribution is -2.53. The normalized spacial score (nSPS) is 17.1. The molecule has 0 spiro atoms. The zero-order chi connectivity index (χ0) is 16.2. The first-order valence-corrected chi connectivity index (χ1v) is 7.40. The molecule has 22 heavy (non-hydrogen) atoms. The summed E-state index contributed by atoms with van der Waals surface area (Å²) < 4.78 is 13.4. The summed E-state index contributed by atoms with van der Waals surface area (Å²) in [7, 11) is 0. The highest BCUT2D eigenvalue weighted by Gasteiger charge is 2.46. The Kier molecular flexibility index (Phi) is 4.96. The zero-order valence-electron chi connectivity index (χ0n) is 12.3. The van der Waals surface area contributed by atoms with Gasteiger partial charge >= 0.3 is 5.97 Å². The molecule has 4 nitrogen and oxygen atoms in total. The fourth-order valence-electron chi connectivity index (χ4n) is 2.80. The van der Waals surface area contributed by atoms with Gasteiger partial charge in [-0.2, -0.15) is 0 Å². The molecule has 1 amide bonds. The molecule has 0 bridgehead atoms. The van der Waals surface area contributed by atoms with Crippen LogP contribution in [0.1, 0.15) is 37.7 Å². The van der Waals surface area contributed by atoms with Crippen molar-refractivity contribution >= 4 is 11.9 Å². The maximum Gasteiger partial charge on any atom is 0.326 e. The molecular formula is C17H20FNO3. The highest BCUT2D eigenvalue weighted by atomic mass is 19.1. The summed E-state index contributed by atoms with van der Waals surface area (Å²) in [5, 5.41) is 11.8.